The van der Waals surface area contributed by atoms with Crippen molar-refractivity contribution in [1.29, 1.82) is 0 Å². The number of rotatable bonds is 5. The Morgan fingerprint density at radius 3 is 2.64 bits per heavy atom. The number of hydrogen-bond acceptors (Lipinski definition) is 6. The summed E-state index contributed by atoms with van der Waals surface area (Å²) < 4.78 is 5.74. The van der Waals surface area contributed by atoms with Crippen molar-refractivity contribution in [2.75, 3.05) is 32.8 Å². The van der Waals surface area contributed by atoms with Crippen LogP contribution in [0.5, 0.6) is 0 Å². The molecule has 28 heavy (non-hydrogen) atoms. The standard InChI is InChI=1S/C21H28N4O3/c1-16-22-23-19(28-16)18-14-21(15-25(18)10-5-13-26)8-11-24(12-9-21)20(27)17-6-3-2-4-7-17/h2-4,6-7,18,26H,5,8-15H2,1H3. The summed E-state index contributed by atoms with van der Waals surface area (Å²) in [7, 11) is 0. The second-order valence-electron chi connectivity index (χ2n) is 8.09. The second kappa shape index (κ2) is 8.01. The van der Waals surface area contributed by atoms with Gasteiger partial charge in [-0.15, -0.1) is 10.2 Å². The molecule has 1 amide bonds. The van der Waals surface area contributed by atoms with Gasteiger partial charge in [0.15, 0.2) is 0 Å². The maximum Gasteiger partial charge on any atom is 0.253 e. The Labute approximate surface area is 165 Å². The van der Waals surface area contributed by atoms with Crippen molar-refractivity contribution in [2.45, 2.75) is 38.6 Å². The van der Waals surface area contributed by atoms with E-state index in [0.29, 0.717) is 11.8 Å². The summed E-state index contributed by atoms with van der Waals surface area (Å²) in [5.74, 6) is 1.38. The van der Waals surface area contributed by atoms with Gasteiger partial charge in [-0.3, -0.25) is 9.69 Å². The van der Waals surface area contributed by atoms with Crippen LogP contribution in [0.2, 0.25) is 0 Å². The van der Waals surface area contributed by atoms with E-state index < -0.39 is 0 Å². The topological polar surface area (TPSA) is 82.7 Å². The third-order valence-corrected chi connectivity index (χ3v) is 6.17. The van der Waals surface area contributed by atoms with Gasteiger partial charge in [-0.2, -0.15) is 0 Å². The molecule has 1 spiro atoms. The van der Waals surface area contributed by atoms with Crippen LogP contribution in [0.3, 0.4) is 0 Å². The molecular weight excluding hydrogens is 356 g/mol. The average Bonchev–Trinajstić information content (AvgIpc) is 3.31. The first kappa shape index (κ1) is 19.1. The first-order chi connectivity index (χ1) is 13.6. The molecule has 2 saturated heterocycles. The maximum absolute atomic E-state index is 12.8. The summed E-state index contributed by atoms with van der Waals surface area (Å²) in [6.07, 6.45) is 3.65. The highest BCUT2D eigenvalue weighted by molar-refractivity contribution is 5.94. The number of piperidine rings is 1. The molecule has 2 fully saturated rings. The fourth-order valence-corrected chi connectivity index (χ4v) is 4.65. The van der Waals surface area contributed by atoms with Crippen LogP contribution in [-0.4, -0.2) is 63.8 Å². The zero-order chi connectivity index (χ0) is 19.6. The molecule has 0 radical (unpaired) electrons. The largest absolute Gasteiger partial charge is 0.424 e. The Balaban J connectivity index is 1.44. The first-order valence-corrected chi connectivity index (χ1v) is 10.1. The molecular formula is C21H28N4O3. The van der Waals surface area contributed by atoms with Gasteiger partial charge >= 0.3 is 0 Å². The Hall–Kier alpha value is -2.25. The molecule has 7 nitrogen and oxygen atoms in total. The lowest BCUT2D eigenvalue weighted by atomic mass is 9.76. The SMILES string of the molecule is Cc1nnc(C2CC3(CCN(C(=O)c4ccccc4)CC3)CN2CCCO)o1. The van der Waals surface area contributed by atoms with Crippen molar-refractivity contribution in [3.63, 3.8) is 0 Å². The smallest absolute Gasteiger partial charge is 0.253 e. The lowest BCUT2D eigenvalue weighted by Crippen LogP contribution is -2.44. The van der Waals surface area contributed by atoms with Crippen LogP contribution in [-0.2, 0) is 0 Å². The third kappa shape index (κ3) is 3.82. The maximum atomic E-state index is 12.8. The van der Waals surface area contributed by atoms with Crippen LogP contribution in [0.1, 0.15) is 53.9 Å². The van der Waals surface area contributed by atoms with E-state index in [0.717, 1.165) is 57.4 Å². The molecule has 7 heteroatoms. The molecule has 1 aromatic heterocycles. The molecule has 4 rings (SSSR count). The minimum absolute atomic E-state index is 0.101. The Morgan fingerprint density at radius 1 is 1.25 bits per heavy atom. The number of benzene rings is 1. The van der Waals surface area contributed by atoms with Crippen molar-refractivity contribution in [2.24, 2.45) is 5.41 Å². The van der Waals surface area contributed by atoms with Gasteiger partial charge in [0.2, 0.25) is 11.8 Å². The minimum atomic E-state index is 0.101. The van der Waals surface area contributed by atoms with Crippen LogP contribution in [0, 0.1) is 12.3 Å². The number of aryl methyl sites for hydroxylation is 1. The molecule has 2 aliphatic rings. The quantitative estimate of drug-likeness (QED) is 0.853. The zero-order valence-electron chi connectivity index (χ0n) is 16.4. The molecule has 2 aromatic rings. The van der Waals surface area contributed by atoms with Crippen LogP contribution in [0.25, 0.3) is 0 Å². The number of carbonyl (C=O) groups is 1. The summed E-state index contributed by atoms with van der Waals surface area (Å²) >= 11 is 0. The molecule has 3 heterocycles. The third-order valence-electron chi connectivity index (χ3n) is 6.17. The van der Waals surface area contributed by atoms with E-state index in [-0.39, 0.29) is 24.0 Å². The predicted octanol–water partition coefficient (Wildman–Crippen LogP) is 2.43. The molecule has 2 aliphatic heterocycles. The fourth-order valence-electron chi connectivity index (χ4n) is 4.65. The number of aliphatic hydroxyl groups excluding tert-OH is 1. The molecule has 150 valence electrons. The van der Waals surface area contributed by atoms with E-state index in [4.69, 9.17) is 4.42 Å². The van der Waals surface area contributed by atoms with Gasteiger partial charge in [-0.05, 0) is 43.2 Å². The van der Waals surface area contributed by atoms with Gasteiger partial charge < -0.3 is 14.4 Å². The second-order valence-corrected chi connectivity index (χ2v) is 8.09. The Morgan fingerprint density at radius 2 is 2.00 bits per heavy atom. The molecule has 0 aliphatic carbocycles. The van der Waals surface area contributed by atoms with Crippen molar-refractivity contribution in [1.82, 2.24) is 20.0 Å². The van der Waals surface area contributed by atoms with Gasteiger partial charge in [-0.1, -0.05) is 18.2 Å². The van der Waals surface area contributed by atoms with Crippen molar-refractivity contribution in [3.8, 4) is 0 Å². The number of carbonyl (C=O) groups excluding carboxylic acids is 1. The Kier molecular flexibility index (Phi) is 5.46. The lowest BCUT2D eigenvalue weighted by Gasteiger charge is -2.39. The van der Waals surface area contributed by atoms with Crippen LogP contribution in [0.15, 0.2) is 34.7 Å². The van der Waals surface area contributed by atoms with E-state index in [1.807, 2.05) is 42.2 Å². The molecule has 1 unspecified atom stereocenters. The minimum Gasteiger partial charge on any atom is -0.424 e. The lowest BCUT2D eigenvalue weighted by molar-refractivity contribution is 0.0587. The highest BCUT2D eigenvalue weighted by atomic mass is 16.4. The highest BCUT2D eigenvalue weighted by Gasteiger charge is 2.47. The summed E-state index contributed by atoms with van der Waals surface area (Å²) in [6, 6.07) is 9.61. The van der Waals surface area contributed by atoms with Gasteiger partial charge in [-0.25, -0.2) is 0 Å². The van der Waals surface area contributed by atoms with Gasteiger partial charge in [0, 0.05) is 45.3 Å². The van der Waals surface area contributed by atoms with Crippen LogP contribution in [0.4, 0.5) is 0 Å². The van der Waals surface area contributed by atoms with Crippen molar-refractivity contribution < 1.29 is 14.3 Å². The van der Waals surface area contributed by atoms with Crippen LogP contribution >= 0.6 is 0 Å². The van der Waals surface area contributed by atoms with E-state index in [1.54, 1.807) is 0 Å². The van der Waals surface area contributed by atoms with Crippen LogP contribution < -0.4 is 0 Å². The molecule has 1 atom stereocenters. The van der Waals surface area contributed by atoms with E-state index >= 15 is 0 Å². The molecule has 1 aromatic carbocycles. The van der Waals surface area contributed by atoms with Gasteiger partial charge in [0.05, 0.1) is 6.04 Å². The fraction of sp³-hybridized carbons (Fsp3) is 0.571. The number of aromatic nitrogens is 2. The molecule has 0 saturated carbocycles. The summed E-state index contributed by atoms with van der Waals surface area (Å²) in [6.45, 7) is 5.31. The van der Waals surface area contributed by atoms with Crippen molar-refractivity contribution >= 4 is 5.91 Å². The highest BCUT2D eigenvalue weighted by Crippen LogP contribution is 2.48. The van der Waals surface area contributed by atoms with Crippen molar-refractivity contribution in [3.05, 3.63) is 47.7 Å². The summed E-state index contributed by atoms with van der Waals surface area (Å²) in [5.41, 5.74) is 0.921. The van der Waals surface area contributed by atoms with Gasteiger partial charge in [0.1, 0.15) is 0 Å². The first-order valence-electron chi connectivity index (χ1n) is 10.1. The zero-order valence-corrected chi connectivity index (χ0v) is 16.4. The number of likely N-dealkylation sites (tertiary alicyclic amines) is 2. The number of amides is 1. The van der Waals surface area contributed by atoms with E-state index in [2.05, 4.69) is 15.1 Å². The normalized spacial score (nSPS) is 22.1. The summed E-state index contributed by atoms with van der Waals surface area (Å²) in [5, 5.41) is 17.5. The monoisotopic (exact) mass is 384 g/mol. The van der Waals surface area contributed by atoms with E-state index in [9.17, 15) is 9.90 Å². The molecule has 0 bridgehead atoms. The molecule has 1 N–H and O–H groups in total. The van der Waals surface area contributed by atoms with E-state index in [1.165, 1.54) is 0 Å². The number of nitrogens with zero attached hydrogens (tertiary/aromatic N) is 4. The predicted molar refractivity (Wildman–Crippen MR) is 104 cm³/mol. The number of hydrogen-bond donors (Lipinski definition) is 1. The summed E-state index contributed by atoms with van der Waals surface area (Å²) in [4.78, 5) is 17.1. The average molecular weight is 384 g/mol. The number of aliphatic hydroxyl groups is 1. The Bertz CT molecular complexity index is 799. The van der Waals surface area contributed by atoms with Gasteiger partial charge in [0.25, 0.3) is 5.91 Å².